The van der Waals surface area contributed by atoms with Crippen molar-refractivity contribution in [1.82, 2.24) is 4.90 Å². The first-order valence-electron chi connectivity index (χ1n) is 9.44. The van der Waals surface area contributed by atoms with E-state index in [1.807, 2.05) is 12.1 Å². The number of hydrogen-bond acceptors (Lipinski definition) is 4. The summed E-state index contributed by atoms with van der Waals surface area (Å²) in [4.78, 5) is 28.6. The van der Waals surface area contributed by atoms with Gasteiger partial charge in [-0.05, 0) is 59.9 Å². The van der Waals surface area contributed by atoms with Gasteiger partial charge in [-0.2, -0.15) is 0 Å². The SMILES string of the molecule is C=C(O)/C=C/c1ccc2c(c1)CCC2N1CC(=O)N(c2ccc(OC)cc2)C1=O. The smallest absolute Gasteiger partial charge is 0.332 e. The molecule has 1 aliphatic heterocycles. The molecule has 2 aromatic rings. The summed E-state index contributed by atoms with van der Waals surface area (Å²) in [7, 11) is 1.57. The minimum absolute atomic E-state index is 0.00294. The van der Waals surface area contributed by atoms with Gasteiger partial charge < -0.3 is 14.7 Å². The van der Waals surface area contributed by atoms with Crippen molar-refractivity contribution < 1.29 is 19.4 Å². The van der Waals surface area contributed by atoms with Crippen molar-refractivity contribution in [2.45, 2.75) is 18.9 Å². The largest absolute Gasteiger partial charge is 0.509 e. The predicted molar refractivity (Wildman–Crippen MR) is 111 cm³/mol. The van der Waals surface area contributed by atoms with Crippen LogP contribution in [-0.4, -0.2) is 35.6 Å². The van der Waals surface area contributed by atoms with Crippen LogP contribution in [0.3, 0.4) is 0 Å². The first kappa shape index (κ1) is 18.8. The molecule has 148 valence electrons. The van der Waals surface area contributed by atoms with Gasteiger partial charge in [-0.3, -0.25) is 4.79 Å². The Morgan fingerprint density at radius 3 is 2.66 bits per heavy atom. The van der Waals surface area contributed by atoms with Gasteiger partial charge in [0.05, 0.1) is 18.8 Å². The minimum atomic E-state index is -0.293. The van der Waals surface area contributed by atoms with Gasteiger partial charge in [-0.25, -0.2) is 9.69 Å². The van der Waals surface area contributed by atoms with Gasteiger partial charge in [0, 0.05) is 0 Å². The molecule has 6 heteroatoms. The molecule has 1 N–H and O–H groups in total. The summed E-state index contributed by atoms with van der Waals surface area (Å²) in [5.41, 5.74) is 3.74. The van der Waals surface area contributed by atoms with Crippen LogP contribution in [0, 0.1) is 0 Å². The van der Waals surface area contributed by atoms with E-state index in [0.717, 1.165) is 29.5 Å². The Hall–Kier alpha value is -3.54. The minimum Gasteiger partial charge on any atom is -0.509 e. The summed E-state index contributed by atoms with van der Waals surface area (Å²) in [6.07, 6.45) is 4.96. The van der Waals surface area contributed by atoms with E-state index in [9.17, 15) is 14.7 Å². The number of rotatable bonds is 5. The lowest BCUT2D eigenvalue weighted by Crippen LogP contribution is -2.34. The first-order chi connectivity index (χ1) is 14.0. The lowest BCUT2D eigenvalue weighted by atomic mass is 10.0. The van der Waals surface area contributed by atoms with Crippen LogP contribution in [0.2, 0.25) is 0 Å². The summed E-state index contributed by atoms with van der Waals surface area (Å²) in [6.45, 7) is 3.52. The number of fused-ring (bicyclic) bond motifs is 1. The van der Waals surface area contributed by atoms with Crippen molar-refractivity contribution in [2.75, 3.05) is 18.6 Å². The van der Waals surface area contributed by atoms with Gasteiger partial charge in [0.2, 0.25) is 0 Å². The van der Waals surface area contributed by atoms with Gasteiger partial charge in [-0.15, -0.1) is 0 Å². The van der Waals surface area contributed by atoms with Crippen LogP contribution in [0.25, 0.3) is 6.08 Å². The third kappa shape index (κ3) is 3.49. The molecule has 0 aromatic heterocycles. The van der Waals surface area contributed by atoms with Crippen LogP contribution in [-0.2, 0) is 11.2 Å². The molecule has 0 spiro atoms. The van der Waals surface area contributed by atoms with Crippen LogP contribution in [0.15, 0.2) is 60.9 Å². The average Bonchev–Trinajstić information content (AvgIpc) is 3.26. The third-order valence-electron chi connectivity index (χ3n) is 5.38. The molecule has 4 rings (SSSR count). The number of hydrogen-bond donors (Lipinski definition) is 1. The Labute approximate surface area is 169 Å². The number of amides is 3. The topological polar surface area (TPSA) is 70.1 Å². The molecule has 1 heterocycles. The molecule has 0 saturated carbocycles. The third-order valence-corrected chi connectivity index (χ3v) is 5.38. The number of benzene rings is 2. The number of aliphatic hydroxyl groups excluding tert-OH is 1. The second-order valence-corrected chi connectivity index (χ2v) is 7.18. The number of urea groups is 1. The highest BCUT2D eigenvalue weighted by atomic mass is 16.5. The maximum absolute atomic E-state index is 13.1. The number of carbonyl (C=O) groups is 2. The van der Waals surface area contributed by atoms with E-state index in [0.29, 0.717) is 11.4 Å². The van der Waals surface area contributed by atoms with E-state index in [1.54, 1.807) is 48.4 Å². The highest BCUT2D eigenvalue weighted by Gasteiger charge is 2.42. The Morgan fingerprint density at radius 2 is 1.97 bits per heavy atom. The maximum Gasteiger partial charge on any atom is 0.332 e. The summed E-state index contributed by atoms with van der Waals surface area (Å²) < 4.78 is 5.14. The van der Waals surface area contributed by atoms with Crippen molar-refractivity contribution in [1.29, 1.82) is 0 Å². The van der Waals surface area contributed by atoms with E-state index in [1.165, 1.54) is 4.90 Å². The summed E-state index contributed by atoms with van der Waals surface area (Å²) in [6, 6.07) is 12.5. The molecule has 1 fully saturated rings. The monoisotopic (exact) mass is 390 g/mol. The van der Waals surface area contributed by atoms with Crippen molar-refractivity contribution in [3.8, 4) is 5.75 Å². The molecule has 6 nitrogen and oxygen atoms in total. The fraction of sp³-hybridized carbons (Fsp3) is 0.217. The van der Waals surface area contributed by atoms with Crippen molar-refractivity contribution in [3.05, 3.63) is 77.6 Å². The van der Waals surface area contributed by atoms with E-state index in [4.69, 9.17) is 4.74 Å². The predicted octanol–water partition coefficient (Wildman–Crippen LogP) is 4.24. The molecular formula is C23H22N2O4. The van der Waals surface area contributed by atoms with E-state index in [2.05, 4.69) is 12.6 Å². The maximum atomic E-state index is 13.1. The number of methoxy groups -OCH3 is 1. The number of allylic oxidation sites excluding steroid dienone is 1. The number of aliphatic hydroxyl groups is 1. The normalized spacial score (nSPS) is 18.6. The standard InChI is InChI=1S/C23H22N2O4/c1-15(26)3-4-16-5-11-20-17(13-16)6-12-21(20)24-14-22(27)25(23(24)28)18-7-9-19(29-2)10-8-18/h3-5,7-11,13,21,26H,1,6,12,14H2,2H3/b4-3+. The molecule has 2 aromatic carbocycles. The lowest BCUT2D eigenvalue weighted by molar-refractivity contribution is -0.116. The van der Waals surface area contributed by atoms with Crippen molar-refractivity contribution in [3.63, 3.8) is 0 Å². The van der Waals surface area contributed by atoms with Crippen LogP contribution in [0.4, 0.5) is 10.5 Å². The summed E-state index contributed by atoms with van der Waals surface area (Å²) in [5.74, 6) is 0.446. The van der Waals surface area contributed by atoms with Crippen LogP contribution in [0.1, 0.15) is 29.2 Å². The number of ether oxygens (including phenoxy) is 1. The van der Waals surface area contributed by atoms with Crippen LogP contribution < -0.4 is 9.64 Å². The fourth-order valence-corrected chi connectivity index (χ4v) is 3.98. The Kier molecular flexibility index (Phi) is 4.84. The zero-order valence-electron chi connectivity index (χ0n) is 16.2. The summed E-state index contributed by atoms with van der Waals surface area (Å²) >= 11 is 0. The number of carbonyl (C=O) groups excluding carboxylic acids is 2. The number of aryl methyl sites for hydroxylation is 1. The van der Waals surface area contributed by atoms with Crippen molar-refractivity contribution in [2.24, 2.45) is 0 Å². The van der Waals surface area contributed by atoms with Crippen LogP contribution in [0.5, 0.6) is 5.75 Å². The van der Waals surface area contributed by atoms with Gasteiger partial charge in [-0.1, -0.05) is 30.9 Å². The molecule has 1 unspecified atom stereocenters. The molecule has 3 amide bonds. The fourth-order valence-electron chi connectivity index (χ4n) is 3.98. The van der Waals surface area contributed by atoms with E-state index < -0.39 is 0 Å². The molecule has 0 bridgehead atoms. The molecule has 1 atom stereocenters. The van der Waals surface area contributed by atoms with E-state index >= 15 is 0 Å². The van der Waals surface area contributed by atoms with Crippen LogP contribution >= 0.6 is 0 Å². The number of anilines is 1. The lowest BCUT2D eigenvalue weighted by Gasteiger charge is -2.24. The van der Waals surface area contributed by atoms with E-state index in [-0.39, 0.29) is 30.3 Å². The molecule has 2 aliphatic rings. The number of nitrogens with zero attached hydrogens (tertiary/aromatic N) is 2. The van der Waals surface area contributed by atoms with Gasteiger partial charge in [0.15, 0.2) is 0 Å². The highest BCUT2D eigenvalue weighted by molar-refractivity contribution is 6.19. The molecule has 1 aliphatic carbocycles. The quantitative estimate of drug-likeness (QED) is 0.471. The van der Waals surface area contributed by atoms with Crippen molar-refractivity contribution >= 4 is 23.7 Å². The second kappa shape index (κ2) is 7.47. The first-order valence-corrected chi connectivity index (χ1v) is 9.44. The molecule has 29 heavy (non-hydrogen) atoms. The Bertz CT molecular complexity index is 1010. The highest BCUT2D eigenvalue weighted by Crippen LogP contribution is 2.39. The Morgan fingerprint density at radius 1 is 1.21 bits per heavy atom. The Balaban J connectivity index is 1.57. The second-order valence-electron chi connectivity index (χ2n) is 7.18. The zero-order chi connectivity index (χ0) is 20.5. The average molecular weight is 390 g/mol. The van der Waals surface area contributed by atoms with Gasteiger partial charge in [0.1, 0.15) is 18.1 Å². The molecule has 0 radical (unpaired) electrons. The summed E-state index contributed by atoms with van der Waals surface area (Å²) in [5, 5.41) is 9.23. The zero-order valence-corrected chi connectivity index (χ0v) is 16.2. The molecule has 1 saturated heterocycles. The number of imide groups is 1. The van der Waals surface area contributed by atoms with Gasteiger partial charge in [0.25, 0.3) is 5.91 Å². The van der Waals surface area contributed by atoms with Gasteiger partial charge >= 0.3 is 6.03 Å². The molecular weight excluding hydrogens is 368 g/mol.